The molecule has 0 aromatic rings. The molecule has 6 N–H and O–H groups in total. The first-order valence-corrected chi connectivity index (χ1v) is 21.8. The number of phosphoric ester groups is 1. The summed E-state index contributed by atoms with van der Waals surface area (Å²) in [5, 5.41) is 49.3. The number of aliphatic hydroxyl groups is 5. The maximum atomic E-state index is 12.4. The van der Waals surface area contributed by atoms with Crippen LogP contribution in [0, 0.1) is 0 Å². The Bertz CT molecular complexity index is 938. The van der Waals surface area contributed by atoms with Gasteiger partial charge in [0.2, 0.25) is 0 Å². The number of ether oxygens (including phenoxy) is 2. The van der Waals surface area contributed by atoms with Crippen molar-refractivity contribution < 1.29 is 63.1 Å². The van der Waals surface area contributed by atoms with Crippen LogP contribution in [0.1, 0.15) is 174 Å². The molecule has 1 aliphatic rings. The van der Waals surface area contributed by atoms with Crippen LogP contribution in [0.4, 0.5) is 0 Å². The fraction of sp³-hybridized carbons (Fsp3) is 0.947. The van der Waals surface area contributed by atoms with E-state index in [1.165, 1.54) is 128 Å². The SMILES string of the molecule is CCCCCCCCCCCCCCCCCCCCCCCCCCC(=O)OC[C@H](COP(=O)(O)OC1C(O)C(O)C(O)[C@@H](O)C1O)OC(C)=O. The van der Waals surface area contributed by atoms with E-state index in [1.807, 2.05) is 0 Å². The van der Waals surface area contributed by atoms with E-state index in [0.29, 0.717) is 6.42 Å². The van der Waals surface area contributed by atoms with E-state index in [4.69, 9.17) is 18.5 Å². The van der Waals surface area contributed by atoms with Gasteiger partial charge in [-0.2, -0.15) is 0 Å². The van der Waals surface area contributed by atoms with Crippen LogP contribution in [0.5, 0.6) is 0 Å². The van der Waals surface area contributed by atoms with Crippen molar-refractivity contribution in [2.24, 2.45) is 0 Å². The fourth-order valence-corrected chi connectivity index (χ4v) is 7.50. The molecule has 1 fully saturated rings. The quantitative estimate of drug-likeness (QED) is 0.0238. The molecule has 0 saturated heterocycles. The minimum atomic E-state index is -5.06. The molecular weight excluding hydrogens is 695 g/mol. The van der Waals surface area contributed by atoms with Crippen LogP contribution in [0.15, 0.2) is 0 Å². The van der Waals surface area contributed by atoms with Crippen molar-refractivity contribution in [1.82, 2.24) is 0 Å². The zero-order valence-electron chi connectivity index (χ0n) is 32.1. The maximum absolute atomic E-state index is 12.4. The Morgan fingerprint density at radius 2 is 0.904 bits per heavy atom. The number of hydrogen-bond acceptors (Lipinski definition) is 12. The van der Waals surface area contributed by atoms with Crippen molar-refractivity contribution in [3.63, 3.8) is 0 Å². The molecule has 0 spiro atoms. The van der Waals surface area contributed by atoms with Gasteiger partial charge in [0.05, 0.1) is 6.61 Å². The van der Waals surface area contributed by atoms with Crippen LogP contribution >= 0.6 is 7.82 Å². The zero-order chi connectivity index (χ0) is 38.6. The molecular formula is C38H73O13P. The van der Waals surface area contributed by atoms with Gasteiger partial charge in [0, 0.05) is 13.3 Å². The van der Waals surface area contributed by atoms with Crippen LogP contribution in [0.25, 0.3) is 0 Å². The van der Waals surface area contributed by atoms with E-state index in [-0.39, 0.29) is 6.42 Å². The molecule has 0 aliphatic heterocycles. The third-order valence-electron chi connectivity index (χ3n) is 9.75. The van der Waals surface area contributed by atoms with E-state index < -0.39 is 75.7 Å². The summed E-state index contributed by atoms with van der Waals surface area (Å²) in [7, 11) is -5.06. The normalized spacial score (nSPS) is 23.6. The lowest BCUT2D eigenvalue weighted by Gasteiger charge is -2.41. The summed E-state index contributed by atoms with van der Waals surface area (Å²) in [5.41, 5.74) is 0. The molecule has 1 saturated carbocycles. The second-order valence-corrected chi connectivity index (χ2v) is 16.0. The molecule has 1 rings (SSSR count). The van der Waals surface area contributed by atoms with Crippen LogP contribution in [-0.4, -0.2) is 98.3 Å². The highest BCUT2D eigenvalue weighted by Gasteiger charge is 2.51. The third-order valence-corrected chi connectivity index (χ3v) is 10.7. The van der Waals surface area contributed by atoms with Gasteiger partial charge in [0.1, 0.15) is 43.2 Å². The first kappa shape index (κ1) is 48.9. The van der Waals surface area contributed by atoms with Gasteiger partial charge in [-0.1, -0.05) is 155 Å². The Morgan fingerprint density at radius 3 is 1.27 bits per heavy atom. The Hall–Kier alpha value is -1.15. The average Bonchev–Trinajstić information content (AvgIpc) is 3.11. The van der Waals surface area contributed by atoms with E-state index in [2.05, 4.69) is 6.92 Å². The lowest BCUT2D eigenvalue weighted by Crippen LogP contribution is -2.64. The minimum Gasteiger partial charge on any atom is -0.462 e. The number of phosphoric acid groups is 1. The molecule has 0 radical (unpaired) electrons. The van der Waals surface area contributed by atoms with Gasteiger partial charge in [-0.05, 0) is 6.42 Å². The van der Waals surface area contributed by atoms with Gasteiger partial charge in [0.25, 0.3) is 0 Å². The van der Waals surface area contributed by atoms with Gasteiger partial charge in [0.15, 0.2) is 6.10 Å². The summed E-state index contributed by atoms with van der Waals surface area (Å²) >= 11 is 0. The molecule has 13 nitrogen and oxygen atoms in total. The van der Waals surface area contributed by atoms with Crippen molar-refractivity contribution in [1.29, 1.82) is 0 Å². The molecule has 8 atom stereocenters. The van der Waals surface area contributed by atoms with Crippen LogP contribution in [-0.2, 0) is 32.7 Å². The topological polar surface area (TPSA) is 210 Å². The van der Waals surface area contributed by atoms with Gasteiger partial charge in [-0.15, -0.1) is 0 Å². The molecule has 0 heterocycles. The highest BCUT2D eigenvalue weighted by Crippen LogP contribution is 2.47. The zero-order valence-corrected chi connectivity index (χ0v) is 33.0. The Kier molecular flexibility index (Phi) is 28.3. The van der Waals surface area contributed by atoms with Crippen molar-refractivity contribution in [3.8, 4) is 0 Å². The summed E-state index contributed by atoms with van der Waals surface area (Å²) in [6, 6.07) is 0. The van der Waals surface area contributed by atoms with Crippen LogP contribution in [0.3, 0.4) is 0 Å². The predicted molar refractivity (Wildman–Crippen MR) is 198 cm³/mol. The summed E-state index contributed by atoms with van der Waals surface area (Å²) < 4.78 is 32.1. The van der Waals surface area contributed by atoms with Crippen molar-refractivity contribution in [2.75, 3.05) is 13.2 Å². The second-order valence-electron chi connectivity index (χ2n) is 14.6. The molecule has 0 aromatic heterocycles. The summed E-state index contributed by atoms with van der Waals surface area (Å²) in [4.78, 5) is 33.8. The number of aliphatic hydroxyl groups excluding tert-OH is 5. The average molecular weight is 769 g/mol. The Balaban J connectivity index is 2.03. The molecule has 0 amide bonds. The standard InChI is InChI=1S/C38H73O13P/c1-3-4-5-6-7-8-9-10-11-12-13-14-15-16-17-18-19-20-21-22-23-24-25-26-27-32(40)48-28-31(50-30(2)39)29-49-52(46,47)51-38-36(44)34(42)33(41)35(43)37(38)45/h31,33-38,41-45H,3-29H2,1-2H3,(H,46,47)/t31-,33?,34-,35?,36?,37?,38?/m1/s1. The lowest BCUT2D eigenvalue weighted by atomic mass is 9.85. The highest BCUT2D eigenvalue weighted by atomic mass is 31.2. The molecule has 0 aromatic carbocycles. The van der Waals surface area contributed by atoms with Crippen LogP contribution in [0.2, 0.25) is 0 Å². The Morgan fingerprint density at radius 1 is 0.558 bits per heavy atom. The van der Waals surface area contributed by atoms with Gasteiger partial charge in [-0.3, -0.25) is 18.6 Å². The third kappa shape index (κ3) is 23.6. The van der Waals surface area contributed by atoms with E-state index in [0.717, 1.165) is 26.2 Å². The molecule has 1 aliphatic carbocycles. The van der Waals surface area contributed by atoms with Gasteiger partial charge in [-0.25, -0.2) is 4.57 Å². The second kappa shape index (κ2) is 30.1. The highest BCUT2D eigenvalue weighted by molar-refractivity contribution is 7.47. The number of carbonyl (C=O) groups is 2. The van der Waals surface area contributed by atoms with Crippen LogP contribution < -0.4 is 0 Å². The lowest BCUT2D eigenvalue weighted by molar-refractivity contribution is -0.220. The van der Waals surface area contributed by atoms with Crippen molar-refractivity contribution in [3.05, 3.63) is 0 Å². The van der Waals surface area contributed by atoms with E-state index in [9.17, 15) is 44.6 Å². The number of unbranched alkanes of at least 4 members (excludes halogenated alkanes) is 23. The maximum Gasteiger partial charge on any atom is 0.472 e. The van der Waals surface area contributed by atoms with E-state index in [1.54, 1.807) is 0 Å². The van der Waals surface area contributed by atoms with E-state index >= 15 is 0 Å². The number of carbonyl (C=O) groups excluding carboxylic acids is 2. The molecule has 14 heteroatoms. The monoisotopic (exact) mass is 768 g/mol. The number of rotatable bonds is 33. The molecule has 0 bridgehead atoms. The first-order chi connectivity index (χ1) is 24.9. The summed E-state index contributed by atoms with van der Waals surface area (Å²) in [6.07, 6.45) is 18.0. The van der Waals surface area contributed by atoms with Gasteiger partial charge >= 0.3 is 19.8 Å². The van der Waals surface area contributed by atoms with Crippen molar-refractivity contribution >= 4 is 19.8 Å². The minimum absolute atomic E-state index is 0.169. The smallest absolute Gasteiger partial charge is 0.462 e. The molecule has 6 unspecified atom stereocenters. The number of esters is 2. The first-order valence-electron chi connectivity index (χ1n) is 20.3. The summed E-state index contributed by atoms with van der Waals surface area (Å²) in [6.45, 7) is 2.17. The number of hydrogen-bond donors (Lipinski definition) is 6. The van der Waals surface area contributed by atoms with Gasteiger partial charge < -0.3 is 39.9 Å². The Labute approximate surface area is 312 Å². The molecule has 308 valence electrons. The molecule has 52 heavy (non-hydrogen) atoms. The largest absolute Gasteiger partial charge is 0.472 e. The predicted octanol–water partition coefficient (Wildman–Crippen LogP) is 6.55. The fourth-order valence-electron chi connectivity index (χ4n) is 6.52. The van der Waals surface area contributed by atoms with Crippen molar-refractivity contribution in [2.45, 2.75) is 217 Å². The summed E-state index contributed by atoms with van der Waals surface area (Å²) in [5.74, 6) is -1.28.